The molecule has 1 amide bonds. The summed E-state index contributed by atoms with van der Waals surface area (Å²) in [6.45, 7) is 1.72. The summed E-state index contributed by atoms with van der Waals surface area (Å²) < 4.78 is 27.4. The summed E-state index contributed by atoms with van der Waals surface area (Å²) >= 11 is 5.84. The highest BCUT2D eigenvalue weighted by molar-refractivity contribution is 7.92. The van der Waals surface area contributed by atoms with Crippen LogP contribution in [-0.4, -0.2) is 20.4 Å². The summed E-state index contributed by atoms with van der Waals surface area (Å²) in [6.07, 6.45) is 0.0848. The lowest BCUT2D eigenvalue weighted by Gasteiger charge is -2.29. The van der Waals surface area contributed by atoms with Crippen LogP contribution in [0.4, 0.5) is 11.4 Å². The molecule has 23 heavy (non-hydrogen) atoms. The molecule has 2 aromatic rings. The molecule has 0 unspecified atom stereocenters. The van der Waals surface area contributed by atoms with Crippen LogP contribution < -0.4 is 9.62 Å². The third kappa shape index (κ3) is 2.92. The third-order valence-corrected chi connectivity index (χ3v) is 5.86. The second kappa shape index (κ2) is 5.86. The molecule has 1 N–H and O–H groups in total. The molecule has 120 valence electrons. The summed E-state index contributed by atoms with van der Waals surface area (Å²) in [4.78, 5) is 12.1. The van der Waals surface area contributed by atoms with Crippen LogP contribution in [0.5, 0.6) is 0 Å². The number of nitrogens with one attached hydrogen (secondary N) is 1. The van der Waals surface area contributed by atoms with E-state index in [1.165, 1.54) is 28.6 Å². The number of hydrogen-bond acceptors (Lipinski definition) is 3. The van der Waals surface area contributed by atoms with Gasteiger partial charge in [0.05, 0.1) is 22.3 Å². The van der Waals surface area contributed by atoms with Crippen molar-refractivity contribution in [2.24, 2.45) is 0 Å². The highest BCUT2D eigenvalue weighted by atomic mass is 35.5. The minimum Gasteiger partial charge on any atom is -0.324 e. The van der Waals surface area contributed by atoms with Crippen molar-refractivity contribution in [2.45, 2.75) is 24.3 Å². The predicted octanol–water partition coefficient (Wildman–Crippen LogP) is 3.27. The van der Waals surface area contributed by atoms with E-state index < -0.39 is 16.1 Å². The van der Waals surface area contributed by atoms with Gasteiger partial charge >= 0.3 is 0 Å². The molecular weight excluding hydrogens is 336 g/mol. The van der Waals surface area contributed by atoms with Crippen molar-refractivity contribution in [3.8, 4) is 0 Å². The zero-order valence-corrected chi connectivity index (χ0v) is 13.9. The van der Waals surface area contributed by atoms with E-state index in [9.17, 15) is 13.2 Å². The van der Waals surface area contributed by atoms with Crippen LogP contribution in [0, 0.1) is 0 Å². The molecule has 3 rings (SSSR count). The summed E-state index contributed by atoms with van der Waals surface area (Å²) in [5, 5.41) is 3.21. The Labute approximate surface area is 139 Å². The van der Waals surface area contributed by atoms with Crippen molar-refractivity contribution < 1.29 is 13.2 Å². The molecule has 1 heterocycles. The third-order valence-electron chi connectivity index (χ3n) is 3.67. The summed E-state index contributed by atoms with van der Waals surface area (Å²) in [5.41, 5.74) is 0.945. The highest BCUT2D eigenvalue weighted by Crippen LogP contribution is 2.35. The van der Waals surface area contributed by atoms with Gasteiger partial charge in [-0.15, -0.1) is 0 Å². The number of para-hydroxylation sites is 2. The van der Waals surface area contributed by atoms with Crippen LogP contribution in [0.1, 0.15) is 13.3 Å². The zero-order chi connectivity index (χ0) is 16.6. The van der Waals surface area contributed by atoms with Gasteiger partial charge in [0.2, 0.25) is 5.91 Å². The Bertz CT molecular complexity index is 850. The molecule has 0 bridgehead atoms. The molecule has 0 aromatic heterocycles. The lowest BCUT2D eigenvalue weighted by atomic mass is 10.2. The van der Waals surface area contributed by atoms with Gasteiger partial charge in [0.1, 0.15) is 0 Å². The van der Waals surface area contributed by atoms with Crippen molar-refractivity contribution in [3.05, 3.63) is 53.6 Å². The summed E-state index contributed by atoms with van der Waals surface area (Å²) in [5.74, 6) is -0.209. The van der Waals surface area contributed by atoms with Crippen LogP contribution in [0.3, 0.4) is 0 Å². The van der Waals surface area contributed by atoms with Crippen molar-refractivity contribution in [1.29, 1.82) is 0 Å². The van der Waals surface area contributed by atoms with Crippen molar-refractivity contribution >= 4 is 38.9 Å². The average Bonchev–Trinajstić information content (AvgIpc) is 2.62. The normalized spacial score (nSPS) is 18.1. The van der Waals surface area contributed by atoms with Crippen molar-refractivity contribution in [1.82, 2.24) is 0 Å². The number of rotatable bonds is 2. The van der Waals surface area contributed by atoms with Gasteiger partial charge in [-0.05, 0) is 43.3 Å². The molecule has 7 heteroatoms. The number of nitrogens with zero attached hydrogens (tertiary/aromatic N) is 1. The van der Waals surface area contributed by atoms with E-state index in [2.05, 4.69) is 5.32 Å². The minimum absolute atomic E-state index is 0.0848. The number of fused-ring (bicyclic) bond motifs is 1. The first-order chi connectivity index (χ1) is 10.9. The van der Waals surface area contributed by atoms with E-state index in [-0.39, 0.29) is 17.2 Å². The molecule has 0 aliphatic carbocycles. The number of amides is 1. The number of sulfonamides is 1. The van der Waals surface area contributed by atoms with Crippen LogP contribution in [0.2, 0.25) is 5.02 Å². The van der Waals surface area contributed by atoms with Crippen LogP contribution >= 0.6 is 11.6 Å². The first-order valence-electron chi connectivity index (χ1n) is 7.08. The second-order valence-corrected chi connectivity index (χ2v) is 7.62. The smallest absolute Gasteiger partial charge is 0.264 e. The summed E-state index contributed by atoms with van der Waals surface area (Å²) in [6, 6.07) is 12.4. The van der Waals surface area contributed by atoms with E-state index in [1.54, 1.807) is 31.2 Å². The molecule has 0 fully saturated rings. The van der Waals surface area contributed by atoms with E-state index in [4.69, 9.17) is 11.6 Å². The molecule has 2 aromatic carbocycles. The van der Waals surface area contributed by atoms with Gasteiger partial charge < -0.3 is 5.32 Å². The monoisotopic (exact) mass is 350 g/mol. The molecule has 0 saturated heterocycles. The van der Waals surface area contributed by atoms with Crippen molar-refractivity contribution in [3.63, 3.8) is 0 Å². The van der Waals surface area contributed by atoms with Gasteiger partial charge in [-0.25, -0.2) is 8.42 Å². The van der Waals surface area contributed by atoms with E-state index in [0.29, 0.717) is 16.4 Å². The number of halogens is 1. The predicted molar refractivity (Wildman–Crippen MR) is 90.3 cm³/mol. The fourth-order valence-electron chi connectivity index (χ4n) is 2.65. The number of carbonyl (C=O) groups is 1. The van der Waals surface area contributed by atoms with Crippen LogP contribution in [0.15, 0.2) is 53.4 Å². The van der Waals surface area contributed by atoms with Crippen LogP contribution in [0.25, 0.3) is 0 Å². The fourth-order valence-corrected chi connectivity index (χ4v) is 4.45. The number of hydrogen-bond donors (Lipinski definition) is 1. The summed E-state index contributed by atoms with van der Waals surface area (Å²) in [7, 11) is -3.81. The second-order valence-electron chi connectivity index (χ2n) is 5.37. The number of benzene rings is 2. The maximum absolute atomic E-state index is 13.1. The molecule has 0 radical (unpaired) electrons. The Hall–Kier alpha value is -2.05. The SMILES string of the molecule is C[C@@H]1CC(=O)Nc2ccccc2N1S(=O)(=O)c1ccc(Cl)cc1. The maximum atomic E-state index is 13.1. The van der Waals surface area contributed by atoms with E-state index in [1.807, 2.05) is 0 Å². The zero-order valence-electron chi connectivity index (χ0n) is 12.4. The average molecular weight is 351 g/mol. The first-order valence-corrected chi connectivity index (χ1v) is 8.90. The fraction of sp³-hybridized carbons (Fsp3) is 0.188. The molecule has 1 aliphatic heterocycles. The Morgan fingerprint density at radius 3 is 2.48 bits per heavy atom. The quantitative estimate of drug-likeness (QED) is 0.904. The van der Waals surface area contributed by atoms with E-state index in [0.717, 1.165) is 0 Å². The highest BCUT2D eigenvalue weighted by Gasteiger charge is 2.34. The van der Waals surface area contributed by atoms with Crippen LogP contribution in [-0.2, 0) is 14.8 Å². The number of carbonyl (C=O) groups excluding carboxylic acids is 1. The molecular formula is C16H15ClN2O3S. The first kappa shape index (κ1) is 15.8. The van der Waals surface area contributed by atoms with Gasteiger partial charge in [-0.3, -0.25) is 9.10 Å². The molecule has 5 nitrogen and oxygen atoms in total. The maximum Gasteiger partial charge on any atom is 0.264 e. The minimum atomic E-state index is -3.81. The largest absolute Gasteiger partial charge is 0.324 e. The van der Waals surface area contributed by atoms with Crippen molar-refractivity contribution in [2.75, 3.05) is 9.62 Å². The molecule has 1 aliphatic rings. The van der Waals surface area contributed by atoms with E-state index >= 15 is 0 Å². The topological polar surface area (TPSA) is 66.5 Å². The van der Waals surface area contributed by atoms with Gasteiger partial charge in [0.25, 0.3) is 10.0 Å². The molecule has 0 saturated carbocycles. The Morgan fingerprint density at radius 2 is 1.78 bits per heavy atom. The molecule has 1 atom stereocenters. The van der Waals surface area contributed by atoms with Gasteiger partial charge in [-0.2, -0.15) is 0 Å². The Balaban J connectivity index is 2.16. The standard InChI is InChI=1S/C16H15ClN2O3S/c1-11-10-16(20)18-14-4-2-3-5-15(14)19(11)23(21,22)13-8-6-12(17)7-9-13/h2-9,11H,10H2,1H3,(H,18,20)/t11-/m1/s1. The number of anilines is 2. The lowest BCUT2D eigenvalue weighted by molar-refractivity contribution is -0.116. The Morgan fingerprint density at radius 1 is 1.13 bits per heavy atom. The lowest BCUT2D eigenvalue weighted by Crippen LogP contribution is -2.39. The van der Waals surface area contributed by atoms with Gasteiger partial charge in [0.15, 0.2) is 0 Å². The molecule has 0 spiro atoms. The van der Waals surface area contributed by atoms with Gasteiger partial charge in [0, 0.05) is 11.4 Å². The Kier molecular flexibility index (Phi) is 4.04. The van der Waals surface area contributed by atoms with Gasteiger partial charge in [-0.1, -0.05) is 23.7 Å².